The van der Waals surface area contributed by atoms with Gasteiger partial charge >= 0.3 is 0 Å². The van der Waals surface area contributed by atoms with Gasteiger partial charge in [0.1, 0.15) is 5.58 Å². The zero-order chi connectivity index (χ0) is 39.2. The normalized spacial score (nSPS) is 13.1. The summed E-state index contributed by atoms with van der Waals surface area (Å²) in [4.78, 5) is 15.3. The predicted octanol–water partition coefficient (Wildman–Crippen LogP) is 13.8. The van der Waals surface area contributed by atoms with Crippen LogP contribution in [0.2, 0.25) is 0 Å². The Balaban J connectivity index is 1.01. The van der Waals surface area contributed by atoms with Crippen molar-refractivity contribution in [3.8, 4) is 62.1 Å². The molecule has 1 aliphatic carbocycles. The quantitative estimate of drug-likeness (QED) is 0.175. The summed E-state index contributed by atoms with van der Waals surface area (Å²) in [6, 6.07) is 64.2. The third kappa shape index (κ3) is 5.14. The summed E-state index contributed by atoms with van der Waals surface area (Å²) in [5.41, 5.74) is 15.0. The zero-order valence-corrected chi connectivity index (χ0v) is 32.5. The van der Waals surface area contributed by atoms with Crippen LogP contribution in [-0.4, -0.2) is 19.5 Å². The van der Waals surface area contributed by atoms with E-state index in [2.05, 4.69) is 170 Å². The van der Waals surface area contributed by atoms with E-state index in [0.29, 0.717) is 17.5 Å². The molecule has 1 aliphatic rings. The molecule has 11 aromatic rings. The van der Waals surface area contributed by atoms with E-state index < -0.39 is 0 Å². The molecule has 0 saturated carbocycles. The van der Waals surface area contributed by atoms with E-state index in [9.17, 15) is 0 Å². The molecule has 0 spiro atoms. The van der Waals surface area contributed by atoms with Gasteiger partial charge in [0, 0.05) is 43.7 Å². The number of hydrogen-bond donors (Lipinski definition) is 0. The molecule has 0 N–H and O–H groups in total. The number of aromatic nitrogens is 4. The Bertz CT molecular complexity index is 3470. The van der Waals surface area contributed by atoms with Crippen molar-refractivity contribution in [1.29, 1.82) is 0 Å². The van der Waals surface area contributed by atoms with Gasteiger partial charge in [-0.3, -0.25) is 0 Å². The summed E-state index contributed by atoms with van der Waals surface area (Å²) < 4.78 is 9.24. The van der Waals surface area contributed by atoms with Crippen LogP contribution in [-0.2, 0) is 5.41 Å². The SMILES string of the molecule is CC1(C)c2ccccc2-c2ccc(-c3nc(-c4ccccc4)nc(-c4ccc5c(c4)oc4c(-n6c7ccccc7c7cc(-c8ccccc8)ccc76)cccc45)n3)cc21. The lowest BCUT2D eigenvalue weighted by Gasteiger charge is -2.21. The average molecular weight is 757 g/mol. The summed E-state index contributed by atoms with van der Waals surface area (Å²) in [7, 11) is 0. The van der Waals surface area contributed by atoms with E-state index in [-0.39, 0.29) is 5.41 Å². The summed E-state index contributed by atoms with van der Waals surface area (Å²) in [6.45, 7) is 4.60. The number of fused-ring (bicyclic) bond motifs is 9. The highest BCUT2D eigenvalue weighted by atomic mass is 16.3. The molecule has 3 heterocycles. The third-order valence-corrected chi connectivity index (χ3v) is 12.3. The summed E-state index contributed by atoms with van der Waals surface area (Å²) in [5.74, 6) is 1.86. The standard InChI is InChI=1S/C54H36N4O/c1-54(2)44-21-11-9-18-38(44)39-27-24-36(31-45(39)54)52-55-51(34-16-7-4-8-17-34)56-53(57-52)37-25-28-41-42-20-13-23-48(50(42)59-49(41)32-37)58-46-22-12-10-19-40(46)43-30-35(26-29-47(43)58)33-14-5-3-6-15-33/h3-32H,1-2H3. The van der Waals surface area contributed by atoms with Crippen molar-refractivity contribution in [1.82, 2.24) is 19.5 Å². The zero-order valence-electron chi connectivity index (χ0n) is 32.5. The minimum absolute atomic E-state index is 0.143. The van der Waals surface area contributed by atoms with E-state index in [1.807, 2.05) is 30.3 Å². The Labute approximate surface area is 340 Å². The number of rotatable bonds is 5. The maximum absolute atomic E-state index is 6.90. The van der Waals surface area contributed by atoms with Crippen molar-refractivity contribution in [3.05, 3.63) is 193 Å². The first-order valence-electron chi connectivity index (χ1n) is 20.1. The summed E-state index contributed by atoms with van der Waals surface area (Å²) in [6.07, 6.45) is 0. The van der Waals surface area contributed by atoms with Crippen LogP contribution in [0.3, 0.4) is 0 Å². The van der Waals surface area contributed by atoms with Crippen molar-refractivity contribution < 1.29 is 4.42 Å². The molecule has 5 heteroatoms. The molecule has 0 unspecified atom stereocenters. The highest BCUT2D eigenvalue weighted by Crippen LogP contribution is 2.49. The Hall–Kier alpha value is -7.63. The minimum Gasteiger partial charge on any atom is -0.454 e. The molecule has 0 aliphatic heterocycles. The number of para-hydroxylation sites is 2. The molecule has 0 saturated heterocycles. The predicted molar refractivity (Wildman–Crippen MR) is 241 cm³/mol. The van der Waals surface area contributed by atoms with Gasteiger partial charge < -0.3 is 8.98 Å². The Morgan fingerprint density at radius 1 is 0.407 bits per heavy atom. The van der Waals surface area contributed by atoms with Crippen LogP contribution >= 0.6 is 0 Å². The van der Waals surface area contributed by atoms with Crippen molar-refractivity contribution in [3.63, 3.8) is 0 Å². The Morgan fingerprint density at radius 3 is 1.83 bits per heavy atom. The first kappa shape index (κ1) is 33.5. The van der Waals surface area contributed by atoms with Crippen molar-refractivity contribution in [2.45, 2.75) is 19.3 Å². The van der Waals surface area contributed by atoms with Crippen LogP contribution in [0.1, 0.15) is 25.0 Å². The monoisotopic (exact) mass is 756 g/mol. The number of hydrogen-bond acceptors (Lipinski definition) is 4. The van der Waals surface area contributed by atoms with Gasteiger partial charge in [-0.2, -0.15) is 0 Å². The fourth-order valence-electron chi connectivity index (χ4n) is 9.34. The van der Waals surface area contributed by atoms with Gasteiger partial charge in [-0.1, -0.05) is 153 Å². The van der Waals surface area contributed by atoms with E-state index in [0.717, 1.165) is 55.3 Å². The largest absolute Gasteiger partial charge is 0.454 e. The highest BCUT2D eigenvalue weighted by molar-refractivity contribution is 6.13. The molecule has 3 aromatic heterocycles. The second kappa shape index (κ2) is 12.7. The lowest BCUT2D eigenvalue weighted by Crippen LogP contribution is -2.15. The van der Waals surface area contributed by atoms with Crippen molar-refractivity contribution in [2.24, 2.45) is 0 Å². The van der Waals surface area contributed by atoms with Gasteiger partial charge in [-0.15, -0.1) is 0 Å². The summed E-state index contributed by atoms with van der Waals surface area (Å²) in [5, 5.41) is 4.50. The van der Waals surface area contributed by atoms with E-state index in [4.69, 9.17) is 19.4 Å². The molecular formula is C54H36N4O. The van der Waals surface area contributed by atoms with Crippen LogP contribution in [0, 0.1) is 0 Å². The molecular weight excluding hydrogens is 721 g/mol. The van der Waals surface area contributed by atoms with Gasteiger partial charge in [0.05, 0.1) is 16.7 Å². The van der Waals surface area contributed by atoms with Gasteiger partial charge in [0.25, 0.3) is 0 Å². The first-order valence-corrected chi connectivity index (χ1v) is 20.1. The smallest absolute Gasteiger partial charge is 0.164 e. The number of benzene rings is 8. The van der Waals surface area contributed by atoms with Crippen molar-refractivity contribution >= 4 is 43.7 Å². The molecule has 8 aromatic carbocycles. The molecule has 12 rings (SSSR count). The molecule has 5 nitrogen and oxygen atoms in total. The molecule has 0 radical (unpaired) electrons. The molecule has 0 fully saturated rings. The highest BCUT2D eigenvalue weighted by Gasteiger charge is 2.35. The van der Waals surface area contributed by atoms with Crippen LogP contribution < -0.4 is 0 Å². The topological polar surface area (TPSA) is 56.7 Å². The van der Waals surface area contributed by atoms with Gasteiger partial charge in [-0.05, 0) is 75.8 Å². The average Bonchev–Trinajstić information content (AvgIpc) is 3.91. The van der Waals surface area contributed by atoms with Crippen LogP contribution in [0.5, 0.6) is 0 Å². The van der Waals surface area contributed by atoms with E-state index >= 15 is 0 Å². The number of furan rings is 1. The third-order valence-electron chi connectivity index (χ3n) is 12.3. The fraction of sp³-hybridized carbons (Fsp3) is 0.0556. The number of nitrogens with zero attached hydrogens (tertiary/aromatic N) is 4. The lowest BCUT2D eigenvalue weighted by atomic mass is 9.82. The van der Waals surface area contributed by atoms with Gasteiger partial charge in [0.2, 0.25) is 0 Å². The molecule has 0 amide bonds. The van der Waals surface area contributed by atoms with E-state index in [1.165, 1.54) is 44.2 Å². The maximum Gasteiger partial charge on any atom is 0.164 e. The van der Waals surface area contributed by atoms with Crippen LogP contribution in [0.25, 0.3) is 106 Å². The lowest BCUT2D eigenvalue weighted by molar-refractivity contribution is 0.660. The van der Waals surface area contributed by atoms with Crippen LogP contribution in [0.15, 0.2) is 186 Å². The first-order chi connectivity index (χ1) is 29.0. The van der Waals surface area contributed by atoms with Crippen molar-refractivity contribution in [2.75, 3.05) is 0 Å². The fourth-order valence-corrected chi connectivity index (χ4v) is 9.34. The Morgan fingerprint density at radius 2 is 1.02 bits per heavy atom. The molecule has 278 valence electrons. The second-order valence-electron chi connectivity index (χ2n) is 16.0. The van der Waals surface area contributed by atoms with Crippen LogP contribution in [0.4, 0.5) is 0 Å². The van der Waals surface area contributed by atoms with E-state index in [1.54, 1.807) is 0 Å². The molecule has 0 bridgehead atoms. The Kier molecular flexibility index (Phi) is 7.20. The molecule has 0 atom stereocenters. The van der Waals surface area contributed by atoms with Gasteiger partial charge in [0.15, 0.2) is 23.1 Å². The summed E-state index contributed by atoms with van der Waals surface area (Å²) >= 11 is 0. The van der Waals surface area contributed by atoms with Gasteiger partial charge in [-0.25, -0.2) is 15.0 Å². The molecule has 59 heavy (non-hydrogen) atoms. The maximum atomic E-state index is 6.90. The minimum atomic E-state index is -0.143. The second-order valence-corrected chi connectivity index (χ2v) is 16.0.